The van der Waals surface area contributed by atoms with Gasteiger partial charge < -0.3 is 5.32 Å². The average molecular weight is 286 g/mol. The van der Waals surface area contributed by atoms with E-state index in [1.54, 1.807) is 18.2 Å². The molecule has 18 heavy (non-hydrogen) atoms. The summed E-state index contributed by atoms with van der Waals surface area (Å²) < 4.78 is 0. The molecule has 0 amide bonds. The van der Waals surface area contributed by atoms with Gasteiger partial charge >= 0.3 is 0 Å². The Labute approximate surface area is 118 Å². The molecule has 1 saturated heterocycles. The van der Waals surface area contributed by atoms with E-state index in [0.29, 0.717) is 22.2 Å². The number of hydrogen-bond acceptors (Lipinski definition) is 2. The number of Topliss-reactive ketones (excluding diaryl/α,β-unsaturated/α-hetero) is 1. The number of nitrogens with one attached hydrogen (secondary N) is 1. The van der Waals surface area contributed by atoms with E-state index in [0.717, 1.165) is 13.0 Å². The van der Waals surface area contributed by atoms with Crippen molar-refractivity contribution in [3.8, 4) is 0 Å². The molecule has 2 rings (SSSR count). The van der Waals surface area contributed by atoms with Gasteiger partial charge in [-0.05, 0) is 31.0 Å². The van der Waals surface area contributed by atoms with Crippen LogP contribution in [0.2, 0.25) is 10.0 Å². The third kappa shape index (κ3) is 2.18. The van der Waals surface area contributed by atoms with Gasteiger partial charge in [0, 0.05) is 17.5 Å². The Balaban J connectivity index is 2.44. The zero-order valence-electron chi connectivity index (χ0n) is 10.6. The van der Waals surface area contributed by atoms with Crippen molar-refractivity contribution in [2.45, 2.75) is 20.3 Å². The molecule has 1 heterocycles. The van der Waals surface area contributed by atoms with Crippen LogP contribution in [-0.4, -0.2) is 18.9 Å². The maximum absolute atomic E-state index is 12.8. The van der Waals surface area contributed by atoms with E-state index >= 15 is 0 Å². The highest BCUT2D eigenvalue weighted by atomic mass is 35.5. The van der Waals surface area contributed by atoms with Gasteiger partial charge in [-0.1, -0.05) is 43.1 Å². The van der Waals surface area contributed by atoms with Crippen LogP contribution < -0.4 is 5.32 Å². The van der Waals surface area contributed by atoms with E-state index < -0.39 is 0 Å². The van der Waals surface area contributed by atoms with Gasteiger partial charge in [0.15, 0.2) is 5.78 Å². The first-order valence-electron chi connectivity index (χ1n) is 6.18. The summed E-state index contributed by atoms with van der Waals surface area (Å²) in [5, 5.41) is 4.09. The second-order valence-corrected chi connectivity index (χ2v) is 5.95. The van der Waals surface area contributed by atoms with Crippen LogP contribution >= 0.6 is 23.2 Å². The molecule has 0 aliphatic carbocycles. The second-order valence-electron chi connectivity index (χ2n) is 5.17. The molecule has 1 aliphatic heterocycles. The number of halogens is 2. The molecule has 0 saturated carbocycles. The normalized spacial score (nSPS) is 23.6. The summed E-state index contributed by atoms with van der Waals surface area (Å²) in [5.41, 5.74) is 0.190. The van der Waals surface area contributed by atoms with Crippen molar-refractivity contribution in [2.75, 3.05) is 13.1 Å². The molecule has 0 radical (unpaired) electrons. The van der Waals surface area contributed by atoms with Crippen molar-refractivity contribution in [1.82, 2.24) is 5.32 Å². The van der Waals surface area contributed by atoms with Crippen LogP contribution in [0.1, 0.15) is 30.6 Å². The lowest BCUT2D eigenvalue weighted by Gasteiger charge is -2.31. The Morgan fingerprint density at radius 2 is 2.11 bits per heavy atom. The molecular weight excluding hydrogens is 269 g/mol. The molecule has 98 valence electrons. The van der Waals surface area contributed by atoms with Gasteiger partial charge in [-0.15, -0.1) is 0 Å². The number of ketones is 1. The van der Waals surface area contributed by atoms with Gasteiger partial charge in [-0.25, -0.2) is 0 Å². The molecular formula is C14H17Cl2NO. The maximum Gasteiger partial charge on any atom is 0.172 e. The monoisotopic (exact) mass is 285 g/mol. The lowest BCUT2D eigenvalue weighted by Crippen LogP contribution is -2.38. The molecule has 1 aromatic rings. The van der Waals surface area contributed by atoms with Crippen LogP contribution in [-0.2, 0) is 0 Å². The van der Waals surface area contributed by atoms with E-state index in [4.69, 9.17) is 23.2 Å². The minimum Gasteiger partial charge on any atom is -0.316 e. The molecule has 0 spiro atoms. The van der Waals surface area contributed by atoms with Gasteiger partial charge in [0.25, 0.3) is 0 Å². The Hall–Kier alpha value is -0.570. The quantitative estimate of drug-likeness (QED) is 0.856. The largest absolute Gasteiger partial charge is 0.316 e. The summed E-state index contributed by atoms with van der Waals surface area (Å²) in [5.74, 6) is 0.380. The first-order valence-corrected chi connectivity index (χ1v) is 6.94. The standard InChI is InChI=1S/C14H17Cl2NO/c1-9(2)14(6-7-17-8-14)13(18)10-4-3-5-11(15)12(10)16/h3-5,9,17H,6-8H2,1-2H3. The molecule has 1 aromatic carbocycles. The van der Waals surface area contributed by atoms with Crippen molar-refractivity contribution < 1.29 is 4.79 Å². The highest BCUT2D eigenvalue weighted by molar-refractivity contribution is 6.44. The zero-order chi connectivity index (χ0) is 13.3. The molecule has 1 aliphatic rings. The van der Waals surface area contributed by atoms with Gasteiger partial charge in [0.2, 0.25) is 0 Å². The van der Waals surface area contributed by atoms with Crippen LogP contribution in [0.4, 0.5) is 0 Å². The Morgan fingerprint density at radius 1 is 1.39 bits per heavy atom. The summed E-state index contributed by atoms with van der Waals surface area (Å²) >= 11 is 12.1. The van der Waals surface area contributed by atoms with Crippen LogP contribution in [0.15, 0.2) is 18.2 Å². The first-order chi connectivity index (χ1) is 8.49. The summed E-state index contributed by atoms with van der Waals surface area (Å²) in [6.07, 6.45) is 0.854. The smallest absolute Gasteiger partial charge is 0.172 e. The van der Waals surface area contributed by atoms with Crippen LogP contribution in [0.3, 0.4) is 0 Å². The molecule has 0 aromatic heterocycles. The van der Waals surface area contributed by atoms with Gasteiger partial charge in [-0.2, -0.15) is 0 Å². The summed E-state index contributed by atoms with van der Waals surface area (Å²) in [7, 11) is 0. The van der Waals surface area contributed by atoms with E-state index in [1.165, 1.54) is 0 Å². The van der Waals surface area contributed by atoms with Crippen LogP contribution in [0.5, 0.6) is 0 Å². The lowest BCUT2D eigenvalue weighted by molar-refractivity contribution is 0.0740. The molecule has 1 unspecified atom stereocenters. The van der Waals surface area contributed by atoms with Crippen LogP contribution in [0.25, 0.3) is 0 Å². The maximum atomic E-state index is 12.8. The van der Waals surface area contributed by atoms with E-state index in [1.807, 2.05) is 0 Å². The van der Waals surface area contributed by atoms with Crippen molar-refractivity contribution in [3.05, 3.63) is 33.8 Å². The SMILES string of the molecule is CC(C)C1(C(=O)c2cccc(Cl)c2Cl)CCNC1. The summed E-state index contributed by atoms with van der Waals surface area (Å²) in [6, 6.07) is 5.24. The summed E-state index contributed by atoms with van der Waals surface area (Å²) in [4.78, 5) is 12.8. The van der Waals surface area contributed by atoms with Gasteiger partial charge in [-0.3, -0.25) is 4.79 Å². The molecule has 0 bridgehead atoms. The average Bonchev–Trinajstić information content (AvgIpc) is 2.82. The van der Waals surface area contributed by atoms with Crippen molar-refractivity contribution in [3.63, 3.8) is 0 Å². The summed E-state index contributed by atoms with van der Waals surface area (Å²) in [6.45, 7) is 5.77. The zero-order valence-corrected chi connectivity index (χ0v) is 12.1. The Kier molecular flexibility index (Phi) is 4.00. The van der Waals surface area contributed by atoms with E-state index in [-0.39, 0.29) is 17.1 Å². The fourth-order valence-corrected chi connectivity index (χ4v) is 2.99. The number of benzene rings is 1. The number of rotatable bonds is 3. The van der Waals surface area contributed by atoms with Crippen molar-refractivity contribution in [1.29, 1.82) is 0 Å². The fraction of sp³-hybridized carbons (Fsp3) is 0.500. The third-order valence-corrected chi connectivity index (χ3v) is 4.76. The van der Waals surface area contributed by atoms with Crippen molar-refractivity contribution >= 4 is 29.0 Å². The lowest BCUT2D eigenvalue weighted by atomic mass is 9.71. The minimum absolute atomic E-state index is 0.106. The molecule has 1 N–H and O–H groups in total. The highest BCUT2D eigenvalue weighted by Crippen LogP contribution is 2.40. The third-order valence-electron chi connectivity index (χ3n) is 3.94. The number of carbonyl (C=O) groups is 1. The predicted octanol–water partition coefficient (Wildman–Crippen LogP) is 3.81. The van der Waals surface area contributed by atoms with E-state index in [2.05, 4.69) is 19.2 Å². The van der Waals surface area contributed by atoms with Gasteiger partial charge in [0.05, 0.1) is 10.0 Å². The second kappa shape index (κ2) is 5.20. The number of carbonyl (C=O) groups excluding carboxylic acids is 1. The van der Waals surface area contributed by atoms with Crippen molar-refractivity contribution in [2.24, 2.45) is 11.3 Å². The first kappa shape index (κ1) is 13.9. The predicted molar refractivity (Wildman–Crippen MR) is 75.6 cm³/mol. The molecule has 4 heteroatoms. The van der Waals surface area contributed by atoms with E-state index in [9.17, 15) is 4.79 Å². The topological polar surface area (TPSA) is 29.1 Å². The molecule has 1 atom stereocenters. The van der Waals surface area contributed by atoms with Gasteiger partial charge in [0.1, 0.15) is 0 Å². The van der Waals surface area contributed by atoms with Crippen LogP contribution in [0, 0.1) is 11.3 Å². The minimum atomic E-state index is -0.353. The fourth-order valence-electron chi connectivity index (χ4n) is 2.61. The number of hydrogen-bond donors (Lipinski definition) is 1. The molecule has 2 nitrogen and oxygen atoms in total. The highest BCUT2D eigenvalue weighted by Gasteiger charge is 2.44. The Bertz CT molecular complexity index is 465. The molecule has 1 fully saturated rings. The Morgan fingerprint density at radius 3 is 2.67 bits per heavy atom.